The van der Waals surface area contributed by atoms with Gasteiger partial charge in [-0.25, -0.2) is 4.98 Å². The van der Waals surface area contributed by atoms with Gasteiger partial charge in [-0.15, -0.1) is 0 Å². The highest BCUT2D eigenvalue weighted by Gasteiger charge is 2.06. The number of amides is 1. The maximum absolute atomic E-state index is 11.2. The highest BCUT2D eigenvalue weighted by atomic mass is 79.9. The fourth-order valence-electron chi connectivity index (χ4n) is 1.96. The summed E-state index contributed by atoms with van der Waals surface area (Å²) in [5, 5.41) is 0.839. The van der Waals surface area contributed by atoms with Crippen LogP contribution in [0.2, 0.25) is 0 Å². The first-order valence-electron chi connectivity index (χ1n) is 6.26. The number of hydrogen-bond donors (Lipinski definition) is 1. The molecule has 1 aromatic heterocycles. The second kappa shape index (κ2) is 5.54. The van der Waals surface area contributed by atoms with E-state index in [2.05, 4.69) is 20.9 Å². The van der Waals surface area contributed by atoms with Crippen LogP contribution < -0.4 is 10.5 Å². The monoisotopic (exact) mass is 342 g/mol. The van der Waals surface area contributed by atoms with Crippen molar-refractivity contribution in [3.63, 3.8) is 0 Å². The summed E-state index contributed by atoms with van der Waals surface area (Å²) in [5.74, 6) is 0.727. The molecule has 0 unspecified atom stereocenters. The molecule has 0 saturated heterocycles. The fraction of sp³-hybridized carbons (Fsp3) is 0. The van der Waals surface area contributed by atoms with Crippen molar-refractivity contribution >= 4 is 32.7 Å². The largest absolute Gasteiger partial charge is 0.438 e. The number of ether oxygens (including phenoxy) is 1. The van der Waals surface area contributed by atoms with E-state index in [1.807, 2.05) is 30.3 Å². The number of halogens is 1. The number of fused-ring (bicyclic) bond motifs is 1. The minimum absolute atomic E-state index is 0.453. The lowest BCUT2D eigenvalue weighted by Crippen LogP contribution is -2.10. The summed E-state index contributed by atoms with van der Waals surface area (Å²) in [5.41, 5.74) is 6.47. The third-order valence-corrected chi connectivity index (χ3v) is 3.65. The molecule has 104 valence electrons. The van der Waals surface area contributed by atoms with Crippen LogP contribution in [0, 0.1) is 0 Å². The number of nitrogens with two attached hydrogens (primary N) is 1. The van der Waals surface area contributed by atoms with Crippen LogP contribution in [0.1, 0.15) is 10.4 Å². The average Bonchev–Trinajstić information content (AvgIpc) is 2.49. The Kier molecular flexibility index (Phi) is 3.58. The number of pyridine rings is 1. The zero-order valence-corrected chi connectivity index (χ0v) is 12.5. The van der Waals surface area contributed by atoms with Gasteiger partial charge < -0.3 is 10.5 Å². The number of hydrogen-bond acceptors (Lipinski definition) is 3. The van der Waals surface area contributed by atoms with E-state index >= 15 is 0 Å². The van der Waals surface area contributed by atoms with Gasteiger partial charge in [0, 0.05) is 17.0 Å². The molecule has 3 rings (SSSR count). The first-order valence-corrected chi connectivity index (χ1v) is 7.06. The van der Waals surface area contributed by atoms with Crippen molar-refractivity contribution in [3.8, 4) is 11.6 Å². The van der Waals surface area contributed by atoms with Gasteiger partial charge in [0.05, 0.1) is 9.99 Å². The van der Waals surface area contributed by atoms with Crippen molar-refractivity contribution in [3.05, 3.63) is 64.6 Å². The standard InChI is InChI=1S/C16H11BrN2O2/c17-12-3-1-2-4-14(12)21-15-8-6-10-9-11(16(18)20)5-7-13(10)19-15/h1-9H,(H2,18,20). The van der Waals surface area contributed by atoms with Gasteiger partial charge in [-0.3, -0.25) is 4.79 Å². The number of carbonyl (C=O) groups is 1. The topological polar surface area (TPSA) is 65.2 Å². The van der Waals surface area contributed by atoms with Crippen molar-refractivity contribution in [1.29, 1.82) is 0 Å². The predicted molar refractivity (Wildman–Crippen MR) is 84.5 cm³/mol. The molecule has 1 heterocycles. The predicted octanol–water partition coefficient (Wildman–Crippen LogP) is 3.89. The molecule has 5 heteroatoms. The molecule has 0 saturated carbocycles. The van der Waals surface area contributed by atoms with Crippen LogP contribution in [-0.2, 0) is 0 Å². The molecule has 2 N–H and O–H groups in total. The third-order valence-electron chi connectivity index (χ3n) is 3.00. The zero-order valence-electron chi connectivity index (χ0n) is 10.9. The number of aromatic nitrogens is 1. The van der Waals surface area contributed by atoms with Gasteiger partial charge >= 0.3 is 0 Å². The van der Waals surface area contributed by atoms with Crippen molar-refractivity contribution in [2.75, 3.05) is 0 Å². The number of carbonyl (C=O) groups excluding carboxylic acids is 1. The summed E-state index contributed by atoms with van der Waals surface area (Å²) < 4.78 is 6.60. The van der Waals surface area contributed by atoms with Gasteiger partial charge in [0.1, 0.15) is 5.75 Å². The number of primary amides is 1. The second-order valence-corrected chi connectivity index (χ2v) is 5.31. The maximum atomic E-state index is 11.2. The van der Waals surface area contributed by atoms with E-state index in [9.17, 15) is 4.79 Å². The van der Waals surface area contributed by atoms with E-state index in [0.29, 0.717) is 17.2 Å². The number of para-hydroxylation sites is 1. The SMILES string of the molecule is NC(=O)c1ccc2nc(Oc3ccccc3Br)ccc2c1. The quantitative estimate of drug-likeness (QED) is 0.785. The van der Waals surface area contributed by atoms with E-state index < -0.39 is 5.91 Å². The molecule has 3 aromatic rings. The lowest BCUT2D eigenvalue weighted by molar-refractivity contribution is 0.100. The van der Waals surface area contributed by atoms with Gasteiger partial charge in [0.15, 0.2) is 0 Å². The Labute approximate surface area is 129 Å². The van der Waals surface area contributed by atoms with Crippen LogP contribution in [0.25, 0.3) is 10.9 Å². The Hall–Kier alpha value is -2.40. The van der Waals surface area contributed by atoms with Crippen LogP contribution in [0.3, 0.4) is 0 Å². The van der Waals surface area contributed by atoms with Crippen LogP contribution in [0.15, 0.2) is 59.1 Å². The number of benzene rings is 2. The van der Waals surface area contributed by atoms with Crippen LogP contribution in [0.5, 0.6) is 11.6 Å². The molecule has 4 nitrogen and oxygen atoms in total. The van der Waals surface area contributed by atoms with Gasteiger partial charge in [-0.2, -0.15) is 0 Å². The summed E-state index contributed by atoms with van der Waals surface area (Å²) >= 11 is 3.42. The van der Waals surface area contributed by atoms with Gasteiger partial charge in [0.25, 0.3) is 0 Å². The number of rotatable bonds is 3. The zero-order chi connectivity index (χ0) is 14.8. The molecule has 0 spiro atoms. The molecular weight excluding hydrogens is 332 g/mol. The Bertz CT molecular complexity index is 833. The molecule has 0 bridgehead atoms. The second-order valence-electron chi connectivity index (χ2n) is 4.45. The molecule has 0 atom stereocenters. The Morgan fingerprint density at radius 2 is 1.90 bits per heavy atom. The molecule has 21 heavy (non-hydrogen) atoms. The molecule has 1 amide bonds. The first-order chi connectivity index (χ1) is 10.1. The molecule has 0 aliphatic rings. The highest BCUT2D eigenvalue weighted by Crippen LogP contribution is 2.29. The van der Waals surface area contributed by atoms with E-state index in [0.717, 1.165) is 15.4 Å². The summed E-state index contributed by atoms with van der Waals surface area (Å²) in [4.78, 5) is 15.6. The highest BCUT2D eigenvalue weighted by molar-refractivity contribution is 9.10. The molecule has 0 fully saturated rings. The Morgan fingerprint density at radius 1 is 1.10 bits per heavy atom. The minimum atomic E-state index is -0.453. The van der Waals surface area contributed by atoms with Crippen LogP contribution in [-0.4, -0.2) is 10.9 Å². The minimum Gasteiger partial charge on any atom is -0.438 e. The van der Waals surface area contributed by atoms with Crippen LogP contribution >= 0.6 is 15.9 Å². The summed E-state index contributed by atoms with van der Waals surface area (Å²) in [6.45, 7) is 0. The summed E-state index contributed by atoms with van der Waals surface area (Å²) in [6, 6.07) is 16.3. The van der Waals surface area contributed by atoms with Gasteiger partial charge in [-0.1, -0.05) is 12.1 Å². The average molecular weight is 343 g/mol. The van der Waals surface area contributed by atoms with Gasteiger partial charge in [-0.05, 0) is 52.3 Å². The van der Waals surface area contributed by atoms with E-state index in [4.69, 9.17) is 10.5 Å². The lowest BCUT2D eigenvalue weighted by atomic mass is 10.1. The van der Waals surface area contributed by atoms with Crippen molar-refractivity contribution in [2.45, 2.75) is 0 Å². The van der Waals surface area contributed by atoms with Crippen molar-refractivity contribution in [1.82, 2.24) is 4.98 Å². The Morgan fingerprint density at radius 3 is 2.67 bits per heavy atom. The Balaban J connectivity index is 1.96. The van der Waals surface area contributed by atoms with Crippen molar-refractivity contribution < 1.29 is 9.53 Å². The molecular formula is C16H11BrN2O2. The molecule has 0 aliphatic heterocycles. The van der Waals surface area contributed by atoms with E-state index in [1.54, 1.807) is 24.3 Å². The first kappa shape index (κ1) is 13.6. The third kappa shape index (κ3) is 2.87. The number of nitrogens with zero attached hydrogens (tertiary/aromatic N) is 1. The lowest BCUT2D eigenvalue weighted by Gasteiger charge is -2.07. The fourth-order valence-corrected chi connectivity index (χ4v) is 2.32. The summed E-state index contributed by atoms with van der Waals surface area (Å²) in [6.07, 6.45) is 0. The van der Waals surface area contributed by atoms with E-state index in [-0.39, 0.29) is 0 Å². The van der Waals surface area contributed by atoms with Crippen LogP contribution in [0.4, 0.5) is 0 Å². The maximum Gasteiger partial charge on any atom is 0.248 e. The van der Waals surface area contributed by atoms with Gasteiger partial charge in [0.2, 0.25) is 11.8 Å². The molecule has 0 radical (unpaired) electrons. The van der Waals surface area contributed by atoms with Crippen molar-refractivity contribution in [2.24, 2.45) is 5.73 Å². The van der Waals surface area contributed by atoms with E-state index in [1.165, 1.54) is 0 Å². The molecule has 0 aliphatic carbocycles. The smallest absolute Gasteiger partial charge is 0.248 e. The summed E-state index contributed by atoms with van der Waals surface area (Å²) in [7, 11) is 0. The normalized spacial score (nSPS) is 10.5. The molecule has 2 aromatic carbocycles.